The summed E-state index contributed by atoms with van der Waals surface area (Å²) in [6, 6.07) is 2.67. The number of halogens is 4. The summed E-state index contributed by atoms with van der Waals surface area (Å²) in [7, 11) is 1.55. The maximum atomic E-state index is 13.1. The minimum absolute atomic E-state index is 0.0285. The molecule has 0 aliphatic carbocycles. The first-order valence-corrected chi connectivity index (χ1v) is 9.00. The van der Waals surface area contributed by atoms with E-state index < -0.39 is 17.6 Å². The van der Waals surface area contributed by atoms with E-state index in [1.165, 1.54) is 0 Å². The quantitative estimate of drug-likeness (QED) is 0.325. The molecule has 2 N–H and O–H groups in total. The molecule has 0 radical (unpaired) electrons. The summed E-state index contributed by atoms with van der Waals surface area (Å²) in [6.45, 7) is 5.03. The smallest absolute Gasteiger partial charge is 0.379 e. The Bertz CT molecular complexity index is 616. The summed E-state index contributed by atoms with van der Waals surface area (Å²) in [4.78, 5) is 6.36. The van der Waals surface area contributed by atoms with Crippen LogP contribution in [0.15, 0.2) is 23.2 Å². The molecule has 1 saturated heterocycles. The van der Waals surface area contributed by atoms with Gasteiger partial charge in [-0.3, -0.25) is 9.89 Å². The molecule has 1 aliphatic heterocycles. The number of alkyl halides is 3. The lowest BCUT2D eigenvalue weighted by atomic mass is 10.1. The van der Waals surface area contributed by atoms with E-state index in [0.717, 1.165) is 57.8 Å². The summed E-state index contributed by atoms with van der Waals surface area (Å²) in [6.07, 6.45) is -2.67. The molecule has 0 unspecified atom stereocenters. The average Bonchev–Trinajstić information content (AvgIpc) is 2.65. The molecule has 2 rings (SSSR count). The first-order chi connectivity index (χ1) is 12.9. The molecular weight excluding hydrogens is 364 g/mol. The van der Waals surface area contributed by atoms with Gasteiger partial charge in [0.2, 0.25) is 0 Å². The number of guanidine groups is 1. The predicted octanol–water partition coefficient (Wildman–Crippen LogP) is 2.62. The van der Waals surface area contributed by atoms with Gasteiger partial charge in [-0.25, -0.2) is 4.39 Å². The number of ether oxygens (including phenoxy) is 1. The largest absolute Gasteiger partial charge is 0.416 e. The molecule has 152 valence electrons. The molecule has 0 spiro atoms. The highest BCUT2D eigenvalue weighted by Crippen LogP contribution is 2.32. The lowest BCUT2D eigenvalue weighted by Crippen LogP contribution is -2.39. The summed E-state index contributed by atoms with van der Waals surface area (Å²) in [5, 5.41) is 5.93. The Morgan fingerprint density at radius 2 is 1.93 bits per heavy atom. The maximum Gasteiger partial charge on any atom is 0.416 e. The van der Waals surface area contributed by atoms with Gasteiger partial charge < -0.3 is 15.4 Å². The van der Waals surface area contributed by atoms with Crippen molar-refractivity contribution in [2.75, 3.05) is 46.4 Å². The van der Waals surface area contributed by atoms with E-state index in [9.17, 15) is 17.6 Å². The van der Waals surface area contributed by atoms with E-state index in [1.54, 1.807) is 7.05 Å². The van der Waals surface area contributed by atoms with Crippen LogP contribution in [0.25, 0.3) is 0 Å². The summed E-state index contributed by atoms with van der Waals surface area (Å²) >= 11 is 0. The Hall–Kier alpha value is -1.87. The van der Waals surface area contributed by atoms with E-state index >= 15 is 0 Å². The summed E-state index contributed by atoms with van der Waals surface area (Å²) < 4.78 is 57.5. The lowest BCUT2D eigenvalue weighted by molar-refractivity contribution is -0.138. The van der Waals surface area contributed by atoms with E-state index in [0.29, 0.717) is 18.6 Å². The molecule has 0 amide bonds. The molecule has 1 aromatic rings. The van der Waals surface area contributed by atoms with Gasteiger partial charge in [-0.2, -0.15) is 13.2 Å². The third-order valence-corrected chi connectivity index (χ3v) is 4.34. The number of nitrogens with one attached hydrogen (secondary N) is 2. The third kappa shape index (κ3) is 7.34. The molecular formula is C18H26F4N4O. The van der Waals surface area contributed by atoms with Gasteiger partial charge in [-0.05, 0) is 37.1 Å². The highest BCUT2D eigenvalue weighted by molar-refractivity contribution is 5.79. The van der Waals surface area contributed by atoms with Crippen molar-refractivity contribution < 1.29 is 22.3 Å². The number of aliphatic imine (C=N–C) groups is 1. The van der Waals surface area contributed by atoms with Crippen molar-refractivity contribution in [3.05, 3.63) is 35.1 Å². The van der Waals surface area contributed by atoms with Crippen molar-refractivity contribution >= 4 is 5.96 Å². The van der Waals surface area contributed by atoms with E-state index in [2.05, 4.69) is 20.5 Å². The fraction of sp³-hybridized carbons (Fsp3) is 0.611. The topological polar surface area (TPSA) is 48.9 Å². The molecule has 9 heteroatoms. The molecule has 0 saturated carbocycles. The minimum atomic E-state index is -4.60. The van der Waals surface area contributed by atoms with Crippen LogP contribution in [0.5, 0.6) is 0 Å². The predicted molar refractivity (Wildman–Crippen MR) is 96.1 cm³/mol. The minimum Gasteiger partial charge on any atom is -0.379 e. The zero-order valence-corrected chi connectivity index (χ0v) is 15.4. The number of hydrogen-bond acceptors (Lipinski definition) is 3. The zero-order chi connectivity index (χ0) is 19.7. The van der Waals surface area contributed by atoms with Crippen LogP contribution in [-0.4, -0.2) is 57.3 Å². The standard InChI is InChI=1S/C18H26F4N4O/c1-23-17(24-6-2-3-7-26-8-10-27-11-9-26)25-13-14-4-5-15(19)12-16(14)18(20,21)22/h4-5,12H,2-3,6-11,13H2,1H3,(H2,23,24,25). The highest BCUT2D eigenvalue weighted by Gasteiger charge is 2.33. The molecule has 27 heavy (non-hydrogen) atoms. The zero-order valence-electron chi connectivity index (χ0n) is 15.4. The van der Waals surface area contributed by atoms with Crippen LogP contribution in [0.4, 0.5) is 17.6 Å². The lowest BCUT2D eigenvalue weighted by Gasteiger charge is -2.26. The van der Waals surface area contributed by atoms with Gasteiger partial charge >= 0.3 is 6.18 Å². The Morgan fingerprint density at radius 3 is 2.59 bits per heavy atom. The fourth-order valence-electron chi connectivity index (χ4n) is 2.86. The second-order valence-electron chi connectivity index (χ2n) is 6.31. The van der Waals surface area contributed by atoms with Gasteiger partial charge in [0, 0.05) is 33.2 Å². The molecule has 1 fully saturated rings. The first kappa shape index (κ1) is 21.4. The highest BCUT2D eigenvalue weighted by atomic mass is 19.4. The third-order valence-electron chi connectivity index (χ3n) is 4.34. The van der Waals surface area contributed by atoms with Crippen molar-refractivity contribution in [2.45, 2.75) is 25.6 Å². The van der Waals surface area contributed by atoms with Crippen molar-refractivity contribution in [3.8, 4) is 0 Å². The number of rotatable bonds is 7. The molecule has 1 heterocycles. The van der Waals surface area contributed by atoms with Gasteiger partial charge in [0.1, 0.15) is 5.82 Å². The Kier molecular flexibility index (Phi) is 8.30. The fourth-order valence-corrected chi connectivity index (χ4v) is 2.86. The second-order valence-corrected chi connectivity index (χ2v) is 6.31. The van der Waals surface area contributed by atoms with Crippen molar-refractivity contribution in [1.29, 1.82) is 0 Å². The molecule has 0 aromatic heterocycles. The number of morpholine rings is 1. The molecule has 5 nitrogen and oxygen atoms in total. The van der Waals surface area contributed by atoms with Crippen LogP contribution >= 0.6 is 0 Å². The number of benzene rings is 1. The van der Waals surface area contributed by atoms with Gasteiger partial charge in [0.25, 0.3) is 0 Å². The number of hydrogen-bond donors (Lipinski definition) is 2. The maximum absolute atomic E-state index is 13.1. The van der Waals surface area contributed by atoms with Crippen LogP contribution < -0.4 is 10.6 Å². The van der Waals surface area contributed by atoms with Gasteiger partial charge in [-0.15, -0.1) is 0 Å². The summed E-state index contributed by atoms with van der Waals surface area (Å²) in [5.74, 6) is -0.493. The van der Waals surface area contributed by atoms with Crippen molar-refractivity contribution in [1.82, 2.24) is 15.5 Å². The molecule has 0 atom stereocenters. The molecule has 1 aliphatic rings. The van der Waals surface area contributed by atoms with Gasteiger partial charge in [0.05, 0.1) is 18.8 Å². The Balaban J connectivity index is 1.74. The SMILES string of the molecule is CN=C(NCCCCN1CCOCC1)NCc1ccc(F)cc1C(F)(F)F. The summed E-state index contributed by atoms with van der Waals surface area (Å²) in [5.41, 5.74) is -1.00. The first-order valence-electron chi connectivity index (χ1n) is 9.00. The number of nitrogens with zero attached hydrogens (tertiary/aromatic N) is 2. The van der Waals surface area contributed by atoms with Gasteiger partial charge in [-0.1, -0.05) is 6.07 Å². The van der Waals surface area contributed by atoms with Crippen molar-refractivity contribution in [3.63, 3.8) is 0 Å². The van der Waals surface area contributed by atoms with E-state index in [4.69, 9.17) is 4.74 Å². The van der Waals surface area contributed by atoms with E-state index in [-0.39, 0.29) is 12.1 Å². The average molecular weight is 390 g/mol. The van der Waals surface area contributed by atoms with E-state index in [1.807, 2.05) is 0 Å². The number of unbranched alkanes of at least 4 members (excludes halogenated alkanes) is 1. The Morgan fingerprint density at radius 1 is 1.19 bits per heavy atom. The Labute approximate surface area is 156 Å². The van der Waals surface area contributed by atoms with Crippen LogP contribution in [0, 0.1) is 5.82 Å². The van der Waals surface area contributed by atoms with Crippen LogP contribution in [0.1, 0.15) is 24.0 Å². The molecule has 0 bridgehead atoms. The molecule has 1 aromatic carbocycles. The monoisotopic (exact) mass is 390 g/mol. The van der Waals surface area contributed by atoms with Crippen LogP contribution in [0.2, 0.25) is 0 Å². The van der Waals surface area contributed by atoms with Crippen LogP contribution in [0.3, 0.4) is 0 Å². The van der Waals surface area contributed by atoms with Crippen LogP contribution in [-0.2, 0) is 17.5 Å². The second kappa shape index (κ2) is 10.5. The van der Waals surface area contributed by atoms with Crippen molar-refractivity contribution in [2.24, 2.45) is 4.99 Å². The normalized spacial score (nSPS) is 16.4. The van der Waals surface area contributed by atoms with Gasteiger partial charge in [0.15, 0.2) is 5.96 Å².